The van der Waals surface area contributed by atoms with Gasteiger partial charge in [0, 0.05) is 0 Å². The highest BCUT2D eigenvalue weighted by Gasteiger charge is 2.13. The van der Waals surface area contributed by atoms with Crippen LogP contribution in [0.2, 0.25) is 5.02 Å². The predicted octanol–water partition coefficient (Wildman–Crippen LogP) is 4.26. The van der Waals surface area contributed by atoms with E-state index in [-0.39, 0.29) is 5.91 Å². The highest BCUT2D eigenvalue weighted by molar-refractivity contribution is 9.10. The van der Waals surface area contributed by atoms with Gasteiger partial charge in [-0.3, -0.25) is 4.79 Å². The van der Waals surface area contributed by atoms with Crippen LogP contribution in [-0.2, 0) is 0 Å². The van der Waals surface area contributed by atoms with Gasteiger partial charge in [-0.15, -0.1) is 0 Å². The zero-order valence-corrected chi connectivity index (χ0v) is 11.3. The van der Waals surface area contributed by atoms with Crippen molar-refractivity contribution in [3.8, 4) is 0 Å². The molecule has 0 aliphatic heterocycles. The standard InChI is InChI=1S/C12H9BrClNO2/c1-7-8(5-6-17-7)12(16)15-10-4-2-3-9(14)11(10)13/h2-6H,1H3,(H,15,16). The molecule has 0 bridgehead atoms. The number of amides is 1. The number of carbonyl (C=O) groups excluding carboxylic acids is 1. The number of anilines is 1. The third-order valence-corrected chi connectivity index (χ3v) is 3.70. The van der Waals surface area contributed by atoms with Crippen molar-refractivity contribution in [3.63, 3.8) is 0 Å². The van der Waals surface area contributed by atoms with Crippen molar-refractivity contribution < 1.29 is 9.21 Å². The normalized spacial score (nSPS) is 10.3. The average Bonchev–Trinajstić information content (AvgIpc) is 2.71. The molecule has 0 radical (unpaired) electrons. The van der Waals surface area contributed by atoms with E-state index in [1.165, 1.54) is 6.26 Å². The van der Waals surface area contributed by atoms with Crippen LogP contribution in [0, 0.1) is 6.92 Å². The van der Waals surface area contributed by atoms with E-state index in [0.717, 1.165) is 0 Å². The van der Waals surface area contributed by atoms with Crippen LogP contribution in [-0.4, -0.2) is 5.91 Å². The van der Waals surface area contributed by atoms with Crippen LogP contribution in [0.15, 0.2) is 39.4 Å². The summed E-state index contributed by atoms with van der Waals surface area (Å²) >= 11 is 9.26. The van der Waals surface area contributed by atoms with Crippen LogP contribution in [0.25, 0.3) is 0 Å². The van der Waals surface area contributed by atoms with Crippen LogP contribution in [0.1, 0.15) is 16.1 Å². The van der Waals surface area contributed by atoms with Gasteiger partial charge in [0.15, 0.2) is 0 Å². The fraction of sp³-hybridized carbons (Fsp3) is 0.0833. The fourth-order valence-electron chi connectivity index (χ4n) is 1.41. The Hall–Kier alpha value is -1.26. The summed E-state index contributed by atoms with van der Waals surface area (Å²) in [5.74, 6) is 0.361. The lowest BCUT2D eigenvalue weighted by atomic mass is 10.2. The quantitative estimate of drug-likeness (QED) is 0.900. The molecular weight excluding hydrogens is 305 g/mol. The molecule has 5 heteroatoms. The van der Waals surface area contributed by atoms with E-state index in [1.54, 1.807) is 31.2 Å². The van der Waals surface area contributed by atoms with Crippen LogP contribution in [0.3, 0.4) is 0 Å². The van der Waals surface area contributed by atoms with Crippen LogP contribution in [0.4, 0.5) is 5.69 Å². The number of halogens is 2. The van der Waals surface area contributed by atoms with Gasteiger partial charge in [0.25, 0.3) is 5.91 Å². The molecule has 88 valence electrons. The molecule has 1 heterocycles. The van der Waals surface area contributed by atoms with Crippen molar-refractivity contribution >= 4 is 39.1 Å². The molecule has 0 aliphatic carbocycles. The van der Waals surface area contributed by atoms with E-state index in [9.17, 15) is 4.79 Å². The predicted molar refractivity (Wildman–Crippen MR) is 70.6 cm³/mol. The second-order valence-corrected chi connectivity index (χ2v) is 4.65. The monoisotopic (exact) mass is 313 g/mol. The molecule has 1 N–H and O–H groups in total. The summed E-state index contributed by atoms with van der Waals surface area (Å²) in [5, 5.41) is 3.31. The minimum Gasteiger partial charge on any atom is -0.469 e. The van der Waals surface area contributed by atoms with Crippen molar-refractivity contribution in [2.45, 2.75) is 6.92 Å². The fourth-order valence-corrected chi connectivity index (χ4v) is 1.95. The highest BCUT2D eigenvalue weighted by atomic mass is 79.9. The van der Waals surface area contributed by atoms with Gasteiger partial charge in [-0.1, -0.05) is 17.7 Å². The first-order valence-electron chi connectivity index (χ1n) is 4.89. The Bertz CT molecular complexity index is 565. The van der Waals surface area contributed by atoms with Crippen molar-refractivity contribution in [1.82, 2.24) is 0 Å². The Morgan fingerprint density at radius 1 is 1.41 bits per heavy atom. The number of hydrogen-bond acceptors (Lipinski definition) is 2. The summed E-state index contributed by atoms with van der Waals surface area (Å²) in [6.07, 6.45) is 1.48. The maximum Gasteiger partial charge on any atom is 0.259 e. The number of nitrogens with one attached hydrogen (secondary N) is 1. The molecule has 17 heavy (non-hydrogen) atoms. The summed E-state index contributed by atoms with van der Waals surface area (Å²) in [6, 6.07) is 6.90. The summed E-state index contributed by atoms with van der Waals surface area (Å²) in [5.41, 5.74) is 1.14. The van der Waals surface area contributed by atoms with Gasteiger partial charge in [0.2, 0.25) is 0 Å². The van der Waals surface area contributed by atoms with E-state index >= 15 is 0 Å². The molecular formula is C12H9BrClNO2. The third-order valence-electron chi connectivity index (χ3n) is 2.30. The zero-order chi connectivity index (χ0) is 12.4. The van der Waals surface area contributed by atoms with Gasteiger partial charge < -0.3 is 9.73 Å². The van der Waals surface area contributed by atoms with Crippen molar-refractivity contribution in [2.24, 2.45) is 0 Å². The van der Waals surface area contributed by atoms with Gasteiger partial charge in [-0.05, 0) is 41.1 Å². The zero-order valence-electron chi connectivity index (χ0n) is 8.96. The van der Waals surface area contributed by atoms with E-state index in [0.29, 0.717) is 26.5 Å². The smallest absolute Gasteiger partial charge is 0.259 e. The summed E-state index contributed by atoms with van der Waals surface area (Å²) in [6.45, 7) is 1.74. The molecule has 2 aromatic rings. The third kappa shape index (κ3) is 2.53. The van der Waals surface area contributed by atoms with Crippen molar-refractivity contribution in [1.29, 1.82) is 0 Å². The lowest BCUT2D eigenvalue weighted by Crippen LogP contribution is -2.12. The highest BCUT2D eigenvalue weighted by Crippen LogP contribution is 2.30. The molecule has 0 spiro atoms. The average molecular weight is 315 g/mol. The van der Waals surface area contributed by atoms with Crippen molar-refractivity contribution in [3.05, 3.63) is 51.3 Å². The Kier molecular flexibility index (Phi) is 3.54. The maximum absolute atomic E-state index is 11.9. The summed E-state index contributed by atoms with van der Waals surface area (Å²) in [4.78, 5) is 11.9. The van der Waals surface area contributed by atoms with Crippen LogP contribution in [0.5, 0.6) is 0 Å². The molecule has 0 atom stereocenters. The van der Waals surface area contributed by atoms with Gasteiger partial charge >= 0.3 is 0 Å². The van der Waals surface area contributed by atoms with Crippen LogP contribution < -0.4 is 5.32 Å². The first-order valence-corrected chi connectivity index (χ1v) is 6.06. The van der Waals surface area contributed by atoms with E-state index < -0.39 is 0 Å². The molecule has 0 aliphatic rings. The van der Waals surface area contributed by atoms with Crippen molar-refractivity contribution in [2.75, 3.05) is 5.32 Å². The number of furan rings is 1. The van der Waals surface area contributed by atoms with E-state index in [4.69, 9.17) is 16.0 Å². The number of rotatable bonds is 2. The molecule has 1 amide bonds. The second-order valence-electron chi connectivity index (χ2n) is 3.45. The molecule has 0 fully saturated rings. The Morgan fingerprint density at radius 3 is 2.82 bits per heavy atom. The first kappa shape index (κ1) is 12.2. The minimum absolute atomic E-state index is 0.223. The van der Waals surface area contributed by atoms with Gasteiger partial charge in [-0.2, -0.15) is 0 Å². The van der Waals surface area contributed by atoms with Gasteiger partial charge in [0.05, 0.1) is 27.0 Å². The van der Waals surface area contributed by atoms with E-state index in [2.05, 4.69) is 21.2 Å². The number of aryl methyl sites for hydroxylation is 1. The topological polar surface area (TPSA) is 42.2 Å². The molecule has 1 aromatic heterocycles. The Labute approximate surface area is 112 Å². The van der Waals surface area contributed by atoms with Gasteiger partial charge in [-0.25, -0.2) is 0 Å². The number of hydrogen-bond donors (Lipinski definition) is 1. The Morgan fingerprint density at radius 2 is 2.18 bits per heavy atom. The molecule has 0 unspecified atom stereocenters. The minimum atomic E-state index is -0.223. The Balaban J connectivity index is 2.25. The first-order chi connectivity index (χ1) is 8.09. The number of benzene rings is 1. The lowest BCUT2D eigenvalue weighted by molar-refractivity contribution is 0.102. The largest absolute Gasteiger partial charge is 0.469 e. The lowest BCUT2D eigenvalue weighted by Gasteiger charge is -2.07. The molecule has 3 nitrogen and oxygen atoms in total. The SMILES string of the molecule is Cc1occc1C(=O)Nc1cccc(Cl)c1Br. The second kappa shape index (κ2) is 4.94. The molecule has 0 saturated carbocycles. The molecule has 0 saturated heterocycles. The van der Waals surface area contributed by atoms with E-state index in [1.807, 2.05) is 0 Å². The molecule has 1 aromatic carbocycles. The summed E-state index contributed by atoms with van der Waals surface area (Å²) < 4.78 is 5.74. The summed E-state index contributed by atoms with van der Waals surface area (Å²) in [7, 11) is 0. The molecule has 2 rings (SSSR count). The van der Waals surface area contributed by atoms with Crippen LogP contribution >= 0.6 is 27.5 Å². The number of carbonyl (C=O) groups is 1. The van der Waals surface area contributed by atoms with Gasteiger partial charge in [0.1, 0.15) is 5.76 Å². The maximum atomic E-state index is 11.9.